The van der Waals surface area contributed by atoms with Gasteiger partial charge in [-0.15, -0.1) is 0 Å². The second kappa shape index (κ2) is 15.5. The fraction of sp³-hybridized carbons (Fsp3) is 0.257. The minimum atomic E-state index is -4.77. The summed E-state index contributed by atoms with van der Waals surface area (Å²) in [6.07, 6.45) is -4.05. The van der Waals surface area contributed by atoms with Crippen molar-refractivity contribution in [2.45, 2.75) is 56.4 Å². The van der Waals surface area contributed by atoms with E-state index < -0.39 is 46.2 Å². The molecule has 0 aliphatic rings. The van der Waals surface area contributed by atoms with E-state index in [-0.39, 0.29) is 29.6 Å². The molecule has 4 aromatic carbocycles. The maximum Gasteiger partial charge on any atom is 0.416 e. The number of nitrogens with zero attached hydrogens (tertiary/aromatic N) is 2. The van der Waals surface area contributed by atoms with E-state index in [1.165, 1.54) is 35.2 Å². The largest absolute Gasteiger partial charge is 0.416 e. The van der Waals surface area contributed by atoms with Gasteiger partial charge in [0.15, 0.2) is 0 Å². The van der Waals surface area contributed by atoms with Crippen molar-refractivity contribution in [2.75, 3.05) is 10.8 Å². The Morgan fingerprint density at radius 1 is 0.851 bits per heavy atom. The highest BCUT2D eigenvalue weighted by Crippen LogP contribution is 2.33. The molecule has 0 radical (unpaired) electrons. The SMILES string of the molecule is CC[C@@H](C)NC(=O)[C@H](Cc1ccccc1)N(Cc1ccc(Cl)cc1)C(=O)CN(c1cccc(C(F)(F)F)c1)S(=O)(=O)c1ccccc1. The molecule has 248 valence electrons. The van der Waals surface area contributed by atoms with Crippen LogP contribution in [-0.2, 0) is 38.8 Å². The fourth-order valence-electron chi connectivity index (χ4n) is 4.87. The van der Waals surface area contributed by atoms with E-state index >= 15 is 0 Å². The summed E-state index contributed by atoms with van der Waals surface area (Å²) in [5, 5.41) is 3.39. The number of anilines is 1. The minimum absolute atomic E-state index is 0.0947. The Morgan fingerprint density at radius 2 is 1.47 bits per heavy atom. The molecule has 0 aliphatic heterocycles. The molecule has 0 aliphatic carbocycles. The van der Waals surface area contributed by atoms with Crippen LogP contribution in [0.4, 0.5) is 18.9 Å². The first kappa shape index (κ1) is 35.5. The van der Waals surface area contributed by atoms with Crippen molar-refractivity contribution in [1.29, 1.82) is 0 Å². The molecule has 47 heavy (non-hydrogen) atoms. The first-order valence-corrected chi connectivity index (χ1v) is 16.7. The van der Waals surface area contributed by atoms with Crippen LogP contribution in [0, 0.1) is 0 Å². The number of carbonyl (C=O) groups excluding carboxylic acids is 2. The third kappa shape index (κ3) is 9.36. The Morgan fingerprint density at radius 3 is 2.06 bits per heavy atom. The highest BCUT2D eigenvalue weighted by Gasteiger charge is 2.36. The van der Waals surface area contributed by atoms with E-state index in [9.17, 15) is 31.2 Å². The van der Waals surface area contributed by atoms with E-state index in [4.69, 9.17) is 11.6 Å². The summed E-state index contributed by atoms with van der Waals surface area (Å²) in [5.74, 6) is -1.25. The van der Waals surface area contributed by atoms with Crippen LogP contribution in [0.1, 0.15) is 37.0 Å². The highest BCUT2D eigenvalue weighted by molar-refractivity contribution is 7.92. The smallest absolute Gasteiger partial charge is 0.352 e. The molecular weight excluding hydrogens is 651 g/mol. The average Bonchev–Trinajstić information content (AvgIpc) is 3.06. The highest BCUT2D eigenvalue weighted by atomic mass is 35.5. The number of rotatable bonds is 13. The molecule has 2 amide bonds. The van der Waals surface area contributed by atoms with Crippen molar-refractivity contribution in [3.8, 4) is 0 Å². The maximum absolute atomic E-state index is 14.4. The third-order valence-electron chi connectivity index (χ3n) is 7.61. The summed E-state index contributed by atoms with van der Waals surface area (Å²) >= 11 is 6.10. The quantitative estimate of drug-likeness (QED) is 0.163. The molecule has 12 heteroatoms. The van der Waals surface area contributed by atoms with Gasteiger partial charge in [-0.3, -0.25) is 13.9 Å². The van der Waals surface area contributed by atoms with E-state index in [1.807, 2.05) is 32.0 Å². The Labute approximate surface area is 278 Å². The maximum atomic E-state index is 14.4. The molecule has 7 nitrogen and oxygen atoms in total. The van der Waals surface area contributed by atoms with Crippen LogP contribution in [0.2, 0.25) is 5.02 Å². The number of sulfonamides is 1. The lowest BCUT2D eigenvalue weighted by Crippen LogP contribution is -2.54. The summed E-state index contributed by atoms with van der Waals surface area (Å²) < 4.78 is 69.9. The zero-order valence-electron chi connectivity index (χ0n) is 25.8. The van der Waals surface area contributed by atoms with E-state index in [0.29, 0.717) is 27.4 Å². The van der Waals surface area contributed by atoms with Crippen LogP contribution in [0.25, 0.3) is 0 Å². The number of hydrogen-bond acceptors (Lipinski definition) is 4. The summed E-state index contributed by atoms with van der Waals surface area (Å²) in [5.41, 5.74) is -0.0817. The zero-order valence-corrected chi connectivity index (χ0v) is 27.4. The number of benzene rings is 4. The lowest BCUT2D eigenvalue weighted by Gasteiger charge is -2.34. The predicted molar refractivity (Wildman–Crippen MR) is 176 cm³/mol. The molecule has 0 aromatic heterocycles. The van der Waals surface area contributed by atoms with Crippen molar-refractivity contribution in [1.82, 2.24) is 10.2 Å². The Kier molecular flexibility index (Phi) is 11.7. The number of carbonyl (C=O) groups is 2. The van der Waals surface area contributed by atoms with Gasteiger partial charge in [0.05, 0.1) is 16.1 Å². The molecule has 0 saturated heterocycles. The molecule has 0 saturated carbocycles. The Balaban J connectivity index is 1.84. The van der Waals surface area contributed by atoms with E-state index in [0.717, 1.165) is 17.7 Å². The summed E-state index contributed by atoms with van der Waals surface area (Å²) in [6, 6.07) is 25.2. The van der Waals surface area contributed by atoms with Crippen molar-refractivity contribution >= 4 is 39.1 Å². The molecule has 0 bridgehead atoms. The molecular formula is C35H35ClF3N3O4S. The molecule has 4 aromatic rings. The first-order valence-electron chi connectivity index (χ1n) is 14.9. The van der Waals surface area contributed by atoms with Crippen LogP contribution in [-0.4, -0.2) is 43.8 Å². The number of alkyl halides is 3. The van der Waals surface area contributed by atoms with Crippen molar-refractivity contribution in [3.63, 3.8) is 0 Å². The summed E-state index contributed by atoms with van der Waals surface area (Å²) in [4.78, 5) is 29.3. The van der Waals surface area contributed by atoms with Gasteiger partial charge in [0.25, 0.3) is 10.0 Å². The first-order chi connectivity index (χ1) is 22.3. The molecule has 0 unspecified atom stereocenters. The van der Waals surface area contributed by atoms with E-state index in [1.54, 1.807) is 42.5 Å². The number of amides is 2. The Hall–Kier alpha value is -4.35. The van der Waals surface area contributed by atoms with Crippen LogP contribution < -0.4 is 9.62 Å². The molecule has 0 heterocycles. The number of nitrogens with one attached hydrogen (secondary N) is 1. The van der Waals surface area contributed by atoms with Crippen LogP contribution in [0.15, 0.2) is 114 Å². The van der Waals surface area contributed by atoms with Gasteiger partial charge < -0.3 is 10.2 Å². The molecule has 1 N–H and O–H groups in total. The second-order valence-corrected chi connectivity index (χ2v) is 13.3. The number of halogens is 4. The van der Waals surface area contributed by atoms with Crippen LogP contribution >= 0.6 is 11.6 Å². The standard InChI is InChI=1S/C35H35ClF3N3O4S/c1-3-25(2)40-34(44)32(21-26-11-6-4-7-12-26)41(23-27-17-19-29(36)20-18-27)33(43)24-42(47(45,46)31-15-8-5-9-16-31)30-14-10-13-28(22-30)35(37,38)39/h4-20,22,25,32H,3,21,23-24H2,1-2H3,(H,40,44)/t25-,32+/m1/s1. The molecule has 0 spiro atoms. The van der Waals surface area contributed by atoms with Gasteiger partial charge in [-0.2, -0.15) is 13.2 Å². The van der Waals surface area contributed by atoms with Gasteiger partial charge in [-0.1, -0.05) is 85.3 Å². The summed E-state index contributed by atoms with van der Waals surface area (Å²) in [6.45, 7) is 2.73. The van der Waals surface area contributed by atoms with Crippen LogP contribution in [0.3, 0.4) is 0 Å². The third-order valence-corrected chi connectivity index (χ3v) is 9.65. The molecule has 0 fully saturated rings. The molecule has 4 rings (SSSR count). The normalized spacial score (nSPS) is 13.0. The van der Waals surface area contributed by atoms with Gasteiger partial charge in [-0.05, 0) is 66.9 Å². The van der Waals surface area contributed by atoms with Gasteiger partial charge in [-0.25, -0.2) is 8.42 Å². The van der Waals surface area contributed by atoms with Gasteiger partial charge in [0, 0.05) is 24.0 Å². The van der Waals surface area contributed by atoms with Crippen LogP contribution in [0.5, 0.6) is 0 Å². The summed E-state index contributed by atoms with van der Waals surface area (Å²) in [7, 11) is -4.55. The van der Waals surface area contributed by atoms with Gasteiger partial charge >= 0.3 is 6.18 Å². The second-order valence-electron chi connectivity index (χ2n) is 11.0. The van der Waals surface area contributed by atoms with Crippen molar-refractivity contribution in [3.05, 3.63) is 131 Å². The number of hydrogen-bond donors (Lipinski definition) is 1. The van der Waals surface area contributed by atoms with E-state index in [2.05, 4.69) is 5.32 Å². The average molecular weight is 686 g/mol. The minimum Gasteiger partial charge on any atom is -0.352 e. The lowest BCUT2D eigenvalue weighted by molar-refractivity contribution is -0.140. The zero-order chi connectivity index (χ0) is 34.2. The monoisotopic (exact) mass is 685 g/mol. The fourth-order valence-corrected chi connectivity index (χ4v) is 6.42. The Bertz CT molecular complexity index is 1760. The molecule has 2 atom stereocenters. The topological polar surface area (TPSA) is 86.8 Å². The van der Waals surface area contributed by atoms with Gasteiger partial charge in [0.2, 0.25) is 11.8 Å². The van der Waals surface area contributed by atoms with Gasteiger partial charge in [0.1, 0.15) is 12.6 Å². The van der Waals surface area contributed by atoms with Crippen molar-refractivity contribution < 1.29 is 31.2 Å². The van der Waals surface area contributed by atoms with Crippen molar-refractivity contribution in [2.24, 2.45) is 0 Å². The predicted octanol–water partition coefficient (Wildman–Crippen LogP) is 7.11. The lowest BCUT2D eigenvalue weighted by atomic mass is 10.0.